The van der Waals surface area contributed by atoms with Gasteiger partial charge in [-0.05, 0) is 32.9 Å². The Kier molecular flexibility index (Phi) is 7.41. The van der Waals surface area contributed by atoms with Gasteiger partial charge in [-0.1, -0.05) is 37.3 Å². The van der Waals surface area contributed by atoms with Crippen molar-refractivity contribution in [3.05, 3.63) is 53.2 Å². The van der Waals surface area contributed by atoms with Gasteiger partial charge >= 0.3 is 0 Å². The summed E-state index contributed by atoms with van der Waals surface area (Å²) >= 11 is 1.37. The number of hydrogen-bond acceptors (Lipinski definition) is 10. The first-order chi connectivity index (χ1) is 18.6. The Morgan fingerprint density at radius 3 is 2.49 bits per heavy atom. The van der Waals surface area contributed by atoms with E-state index < -0.39 is 0 Å². The van der Waals surface area contributed by atoms with Gasteiger partial charge in [-0.2, -0.15) is 0 Å². The lowest BCUT2D eigenvalue weighted by Gasteiger charge is -2.38. The molecule has 1 N–H and O–H groups in total. The Balaban J connectivity index is 1.33. The van der Waals surface area contributed by atoms with Gasteiger partial charge in [0.1, 0.15) is 10.7 Å². The zero-order chi connectivity index (χ0) is 27.7. The summed E-state index contributed by atoms with van der Waals surface area (Å²) in [4.78, 5) is 26.7. The van der Waals surface area contributed by atoms with Gasteiger partial charge in [0.15, 0.2) is 0 Å². The average molecular weight is 547 g/mol. The lowest BCUT2D eigenvalue weighted by atomic mass is 9.98. The number of anilines is 2. The van der Waals surface area contributed by atoms with Gasteiger partial charge in [-0.3, -0.25) is 25.0 Å². The summed E-state index contributed by atoms with van der Waals surface area (Å²) in [7, 11) is 0. The normalized spacial score (nSPS) is 14.7. The average Bonchev–Trinajstić information content (AvgIpc) is 3.59. The number of aryl methyl sites for hydroxylation is 1. The number of aromatic nitrogens is 7. The van der Waals surface area contributed by atoms with Crippen LogP contribution in [0.3, 0.4) is 0 Å². The van der Waals surface area contributed by atoms with Crippen LogP contribution in [0.2, 0.25) is 0 Å². The van der Waals surface area contributed by atoms with E-state index in [2.05, 4.69) is 86.3 Å². The predicted molar refractivity (Wildman–Crippen MR) is 153 cm³/mol. The molecule has 0 spiro atoms. The lowest BCUT2D eigenvalue weighted by Crippen LogP contribution is -2.48. The Hall–Kier alpha value is -3.77. The number of carbonyl (C=O) groups excluding carboxylic acids is 1. The van der Waals surface area contributed by atoms with Crippen LogP contribution in [0.25, 0.3) is 16.9 Å². The number of rotatable bonds is 6. The molecule has 0 saturated carbocycles. The third kappa shape index (κ3) is 5.96. The summed E-state index contributed by atoms with van der Waals surface area (Å²) in [5.41, 5.74) is 4.31. The molecule has 1 amide bonds. The number of nitrogens with zero attached hydrogens (tertiary/aromatic N) is 9. The van der Waals surface area contributed by atoms with Gasteiger partial charge < -0.3 is 4.90 Å². The molecule has 12 heteroatoms. The van der Waals surface area contributed by atoms with Crippen molar-refractivity contribution in [2.75, 3.05) is 36.4 Å². The molecule has 1 fully saturated rings. The van der Waals surface area contributed by atoms with E-state index in [9.17, 15) is 4.79 Å². The van der Waals surface area contributed by atoms with Gasteiger partial charge in [-0.15, -0.1) is 15.3 Å². The van der Waals surface area contributed by atoms with E-state index in [1.807, 2.05) is 19.3 Å². The standard InChI is InChI=1S/C27H34N10OS/c1-17(2)35-7-9-36(10-8-35)21-11-19(13-28-15-21)22-16-37(34-31-22)23-12-20(14-29-18(23)3)24(38)30-26-33-32-25(39-26)27(4,5)6/h11-17H,7-10H2,1-6H3,(H,30,33,38). The van der Waals surface area contributed by atoms with Crippen LogP contribution in [0.4, 0.5) is 10.8 Å². The maximum Gasteiger partial charge on any atom is 0.259 e. The van der Waals surface area contributed by atoms with Crippen LogP contribution < -0.4 is 10.2 Å². The summed E-state index contributed by atoms with van der Waals surface area (Å²) in [6, 6.07) is 4.42. The fourth-order valence-corrected chi connectivity index (χ4v) is 5.17. The molecule has 5 heterocycles. The smallest absolute Gasteiger partial charge is 0.259 e. The number of amides is 1. The van der Waals surface area contributed by atoms with E-state index >= 15 is 0 Å². The van der Waals surface area contributed by atoms with Crippen molar-refractivity contribution in [2.24, 2.45) is 0 Å². The van der Waals surface area contributed by atoms with Crippen molar-refractivity contribution < 1.29 is 4.79 Å². The molecule has 4 aromatic heterocycles. The lowest BCUT2D eigenvalue weighted by molar-refractivity contribution is 0.102. The van der Waals surface area contributed by atoms with Crippen molar-refractivity contribution in [1.29, 1.82) is 0 Å². The van der Waals surface area contributed by atoms with Crippen LogP contribution in [-0.4, -0.2) is 78.2 Å². The molecule has 204 valence electrons. The number of pyridine rings is 2. The van der Waals surface area contributed by atoms with E-state index in [1.54, 1.807) is 23.1 Å². The molecular weight excluding hydrogens is 512 g/mol. The Morgan fingerprint density at radius 1 is 1.03 bits per heavy atom. The minimum atomic E-state index is -0.310. The van der Waals surface area contributed by atoms with E-state index in [0.717, 1.165) is 48.1 Å². The van der Waals surface area contributed by atoms with Crippen LogP contribution in [0.15, 0.2) is 36.9 Å². The number of carbonyl (C=O) groups is 1. The van der Waals surface area contributed by atoms with Gasteiger partial charge in [0.25, 0.3) is 5.91 Å². The molecule has 11 nitrogen and oxygen atoms in total. The van der Waals surface area contributed by atoms with Crippen LogP contribution in [0.1, 0.15) is 55.7 Å². The quantitative estimate of drug-likeness (QED) is 0.383. The highest BCUT2D eigenvalue weighted by atomic mass is 32.1. The third-order valence-corrected chi connectivity index (χ3v) is 8.04. The minimum absolute atomic E-state index is 0.137. The summed E-state index contributed by atoms with van der Waals surface area (Å²) in [5, 5.41) is 21.2. The van der Waals surface area contributed by atoms with Gasteiger partial charge in [0.2, 0.25) is 5.13 Å². The monoisotopic (exact) mass is 546 g/mol. The first-order valence-corrected chi connectivity index (χ1v) is 13.9. The van der Waals surface area contributed by atoms with E-state index in [0.29, 0.717) is 28.1 Å². The third-order valence-electron chi connectivity index (χ3n) is 6.78. The summed E-state index contributed by atoms with van der Waals surface area (Å²) in [5.74, 6) is -0.310. The van der Waals surface area contributed by atoms with Crippen molar-refractivity contribution in [2.45, 2.75) is 53.0 Å². The van der Waals surface area contributed by atoms with E-state index in [-0.39, 0.29) is 11.3 Å². The van der Waals surface area contributed by atoms with Gasteiger partial charge in [0.05, 0.1) is 35.0 Å². The zero-order valence-electron chi connectivity index (χ0n) is 23.2. The molecule has 0 bridgehead atoms. The molecule has 0 atom stereocenters. The Morgan fingerprint density at radius 2 is 1.79 bits per heavy atom. The summed E-state index contributed by atoms with van der Waals surface area (Å²) in [6.07, 6.45) is 7.08. The second-order valence-corrected chi connectivity index (χ2v) is 12.0. The Bertz CT molecular complexity index is 1460. The number of hydrogen-bond donors (Lipinski definition) is 1. The minimum Gasteiger partial charge on any atom is -0.368 e. The molecule has 39 heavy (non-hydrogen) atoms. The summed E-state index contributed by atoms with van der Waals surface area (Å²) in [6.45, 7) is 16.5. The highest BCUT2D eigenvalue weighted by Gasteiger charge is 2.22. The first kappa shape index (κ1) is 26.8. The molecule has 5 rings (SSSR count). The van der Waals surface area contributed by atoms with Crippen molar-refractivity contribution in [3.8, 4) is 16.9 Å². The SMILES string of the molecule is Cc1ncc(C(=O)Nc2nnc(C(C)(C)C)s2)cc1-n1cc(-c2cncc(N3CCN(C(C)C)CC3)c2)nn1. The van der Waals surface area contributed by atoms with E-state index in [4.69, 9.17) is 0 Å². The first-order valence-electron chi connectivity index (χ1n) is 13.1. The predicted octanol–water partition coefficient (Wildman–Crippen LogP) is 3.96. The maximum absolute atomic E-state index is 13.0. The Labute approximate surface area is 232 Å². The molecule has 1 aliphatic rings. The highest BCUT2D eigenvalue weighted by Crippen LogP contribution is 2.28. The molecule has 0 aliphatic carbocycles. The van der Waals surface area contributed by atoms with Crippen molar-refractivity contribution >= 4 is 28.1 Å². The van der Waals surface area contributed by atoms with Crippen LogP contribution in [0.5, 0.6) is 0 Å². The molecular formula is C27H34N10OS. The zero-order valence-corrected chi connectivity index (χ0v) is 24.0. The fraction of sp³-hybridized carbons (Fsp3) is 0.444. The largest absolute Gasteiger partial charge is 0.368 e. The van der Waals surface area contributed by atoms with E-state index in [1.165, 1.54) is 11.3 Å². The second-order valence-electron chi connectivity index (χ2n) is 11.0. The van der Waals surface area contributed by atoms with Gasteiger partial charge in [0, 0.05) is 55.6 Å². The maximum atomic E-state index is 13.0. The molecule has 4 aromatic rings. The molecule has 0 unspecified atom stereocenters. The van der Waals surface area contributed by atoms with Crippen LogP contribution in [-0.2, 0) is 5.41 Å². The van der Waals surface area contributed by atoms with Crippen molar-refractivity contribution in [3.63, 3.8) is 0 Å². The second kappa shape index (κ2) is 10.8. The van der Waals surface area contributed by atoms with Crippen LogP contribution in [0, 0.1) is 6.92 Å². The fourth-order valence-electron chi connectivity index (χ4n) is 4.37. The number of piperazine rings is 1. The van der Waals surface area contributed by atoms with Crippen LogP contribution >= 0.6 is 11.3 Å². The molecule has 0 aromatic carbocycles. The number of nitrogens with one attached hydrogen (secondary N) is 1. The highest BCUT2D eigenvalue weighted by molar-refractivity contribution is 7.15. The summed E-state index contributed by atoms with van der Waals surface area (Å²) < 4.78 is 1.64. The molecule has 1 saturated heterocycles. The van der Waals surface area contributed by atoms with Crippen molar-refractivity contribution in [1.82, 2.24) is 40.1 Å². The topological polar surface area (TPSA) is 118 Å². The van der Waals surface area contributed by atoms with Gasteiger partial charge in [-0.25, -0.2) is 4.68 Å². The molecule has 0 radical (unpaired) electrons. The molecule has 1 aliphatic heterocycles.